The molecule has 29 heavy (non-hydrogen) atoms. The number of aldehydes is 1. The molecule has 2 aliphatic rings. The minimum absolute atomic E-state index is 0.226. The van der Waals surface area contributed by atoms with Crippen LogP contribution in [0, 0.1) is 5.41 Å². The van der Waals surface area contributed by atoms with Crippen molar-refractivity contribution in [2.45, 2.75) is 48.5 Å². The molecule has 0 saturated carbocycles. The van der Waals surface area contributed by atoms with Crippen LogP contribution in [-0.4, -0.2) is 117 Å². The summed E-state index contributed by atoms with van der Waals surface area (Å²) in [7, 11) is 6.44. The first kappa shape index (κ1) is 32.6. The highest BCUT2D eigenvalue weighted by Crippen LogP contribution is 2.18. The molecule has 1 N–H and O–H groups in total. The molecule has 0 radical (unpaired) electrons. The first-order valence-electron chi connectivity index (χ1n) is 11.0. The molecule has 7 heteroatoms. The third-order valence-corrected chi connectivity index (χ3v) is 4.23. The van der Waals surface area contributed by atoms with E-state index in [9.17, 15) is 4.79 Å². The summed E-state index contributed by atoms with van der Waals surface area (Å²) in [4.78, 5) is 29.7. The van der Waals surface area contributed by atoms with Crippen molar-refractivity contribution in [2.75, 3.05) is 80.1 Å². The zero-order valence-corrected chi connectivity index (χ0v) is 21.0. The predicted molar refractivity (Wildman–Crippen MR) is 124 cm³/mol. The summed E-state index contributed by atoms with van der Waals surface area (Å²) >= 11 is 0. The SMILES string of the molecule is CC.CC.CN1CCN(C(=O)C(C)(C)C)CC1.CN1CCN(C)CC1.O=CCO. The Hall–Kier alpha value is -1.02. The second-order valence-corrected chi connectivity index (χ2v) is 7.80. The van der Waals surface area contributed by atoms with Gasteiger partial charge in [0.25, 0.3) is 0 Å². The third kappa shape index (κ3) is 18.7. The molecule has 0 aromatic rings. The van der Waals surface area contributed by atoms with E-state index in [0.717, 1.165) is 26.2 Å². The fraction of sp³-hybridized carbons (Fsp3) is 0.909. The Labute approximate surface area is 181 Å². The highest BCUT2D eigenvalue weighted by molar-refractivity contribution is 5.81. The van der Waals surface area contributed by atoms with Crippen molar-refractivity contribution in [3.05, 3.63) is 0 Å². The van der Waals surface area contributed by atoms with E-state index in [1.165, 1.54) is 26.2 Å². The Bertz CT molecular complexity index is 361. The van der Waals surface area contributed by atoms with Crippen molar-refractivity contribution in [2.24, 2.45) is 5.41 Å². The van der Waals surface area contributed by atoms with E-state index >= 15 is 0 Å². The lowest BCUT2D eigenvalue weighted by atomic mass is 9.94. The fourth-order valence-corrected chi connectivity index (χ4v) is 2.39. The van der Waals surface area contributed by atoms with Gasteiger partial charge in [-0.25, -0.2) is 0 Å². The Morgan fingerprint density at radius 3 is 1.21 bits per heavy atom. The number of aliphatic hydroxyl groups is 1. The fourth-order valence-electron chi connectivity index (χ4n) is 2.39. The molecule has 2 fully saturated rings. The van der Waals surface area contributed by atoms with Crippen LogP contribution in [0.3, 0.4) is 0 Å². The smallest absolute Gasteiger partial charge is 0.228 e. The summed E-state index contributed by atoms with van der Waals surface area (Å²) in [5.41, 5.74) is -0.226. The molecule has 176 valence electrons. The molecule has 0 aromatic heterocycles. The molecule has 0 spiro atoms. The average Bonchev–Trinajstić information content (AvgIpc) is 2.73. The first-order chi connectivity index (χ1) is 13.6. The number of hydrogen-bond acceptors (Lipinski definition) is 6. The molecule has 7 nitrogen and oxygen atoms in total. The summed E-state index contributed by atoms with van der Waals surface area (Å²) in [5, 5.41) is 7.51. The maximum absolute atomic E-state index is 11.8. The highest BCUT2D eigenvalue weighted by atomic mass is 16.3. The molecule has 2 heterocycles. The zero-order valence-electron chi connectivity index (χ0n) is 21.0. The molecular weight excluding hydrogens is 368 g/mol. The topological polar surface area (TPSA) is 67.3 Å². The van der Waals surface area contributed by atoms with Gasteiger partial charge < -0.3 is 29.5 Å². The van der Waals surface area contributed by atoms with Gasteiger partial charge in [-0.3, -0.25) is 4.79 Å². The van der Waals surface area contributed by atoms with Crippen molar-refractivity contribution in [1.29, 1.82) is 0 Å². The predicted octanol–water partition coefficient (Wildman–Crippen LogP) is 1.90. The van der Waals surface area contributed by atoms with E-state index < -0.39 is 0 Å². The van der Waals surface area contributed by atoms with Crippen LogP contribution in [0.1, 0.15) is 48.5 Å². The van der Waals surface area contributed by atoms with E-state index in [1.54, 1.807) is 0 Å². The number of amides is 1. The lowest BCUT2D eigenvalue weighted by Crippen LogP contribution is -2.50. The zero-order chi connectivity index (χ0) is 23.5. The van der Waals surface area contributed by atoms with Gasteiger partial charge in [-0.15, -0.1) is 0 Å². The van der Waals surface area contributed by atoms with E-state index in [-0.39, 0.29) is 17.9 Å². The van der Waals surface area contributed by atoms with Crippen LogP contribution >= 0.6 is 0 Å². The Morgan fingerprint density at radius 2 is 1.00 bits per heavy atom. The molecule has 0 aliphatic carbocycles. The number of likely N-dealkylation sites (N-methyl/N-ethyl adjacent to an activating group) is 3. The van der Waals surface area contributed by atoms with Crippen molar-refractivity contribution in [3.63, 3.8) is 0 Å². The number of rotatable bonds is 1. The Balaban J connectivity index is -0.000000361. The van der Waals surface area contributed by atoms with Gasteiger partial charge >= 0.3 is 0 Å². The van der Waals surface area contributed by atoms with Gasteiger partial charge in [0.2, 0.25) is 5.91 Å². The third-order valence-electron chi connectivity index (χ3n) is 4.23. The molecule has 0 unspecified atom stereocenters. The molecule has 2 saturated heterocycles. The molecular formula is C22H50N4O3. The molecule has 1 amide bonds. The Kier molecular flexibility index (Phi) is 22.8. The lowest BCUT2D eigenvalue weighted by molar-refractivity contribution is -0.141. The van der Waals surface area contributed by atoms with E-state index in [2.05, 4.69) is 35.8 Å². The second-order valence-electron chi connectivity index (χ2n) is 7.80. The molecule has 0 atom stereocenters. The van der Waals surface area contributed by atoms with Crippen molar-refractivity contribution < 1.29 is 14.7 Å². The molecule has 2 aliphatic heterocycles. The second kappa shape index (κ2) is 20.3. The summed E-state index contributed by atoms with van der Waals surface area (Å²) in [6, 6.07) is 0. The van der Waals surface area contributed by atoms with Crippen LogP contribution in [0.15, 0.2) is 0 Å². The van der Waals surface area contributed by atoms with Crippen LogP contribution in [0.5, 0.6) is 0 Å². The normalized spacial score (nSPS) is 17.7. The van der Waals surface area contributed by atoms with E-state index in [0.29, 0.717) is 6.29 Å². The number of carbonyl (C=O) groups excluding carboxylic acids is 2. The number of hydrogen-bond donors (Lipinski definition) is 1. The highest BCUT2D eigenvalue weighted by Gasteiger charge is 2.28. The summed E-state index contributed by atoms with van der Waals surface area (Å²) in [5.74, 6) is 0.278. The summed E-state index contributed by atoms with van der Waals surface area (Å²) in [6.45, 7) is 22.3. The standard InChI is InChI=1S/C10H20N2O.C6H14N2.C2H4O2.2C2H6/c1-10(2,3)9(13)12-7-5-11(4)6-8-12;1-7-3-5-8(2)6-4-7;3-1-2-4;2*1-2/h5-8H2,1-4H3;3-6H2,1-2H3;1,4H,2H2;2*1-2H3. The number of nitrogens with zero attached hydrogens (tertiary/aromatic N) is 4. The van der Waals surface area contributed by atoms with E-state index in [4.69, 9.17) is 9.90 Å². The molecule has 0 bridgehead atoms. The van der Waals surface area contributed by atoms with Gasteiger partial charge in [0.1, 0.15) is 6.29 Å². The van der Waals surface area contributed by atoms with Gasteiger partial charge in [-0.2, -0.15) is 0 Å². The lowest BCUT2D eigenvalue weighted by Gasteiger charge is -2.36. The number of aliphatic hydroxyl groups excluding tert-OH is 1. The summed E-state index contributed by atoms with van der Waals surface area (Å²) < 4.78 is 0. The Morgan fingerprint density at radius 1 is 0.759 bits per heavy atom. The van der Waals surface area contributed by atoms with E-state index in [1.807, 2.05) is 53.4 Å². The largest absolute Gasteiger partial charge is 0.389 e. The van der Waals surface area contributed by atoms with Crippen molar-refractivity contribution >= 4 is 12.2 Å². The van der Waals surface area contributed by atoms with Gasteiger partial charge in [0, 0.05) is 57.8 Å². The molecule has 2 rings (SSSR count). The molecule has 0 aromatic carbocycles. The minimum atomic E-state index is -0.361. The minimum Gasteiger partial charge on any atom is -0.389 e. The monoisotopic (exact) mass is 418 g/mol. The first-order valence-corrected chi connectivity index (χ1v) is 11.0. The summed E-state index contributed by atoms with van der Waals surface area (Å²) in [6.07, 6.45) is 0.431. The van der Waals surface area contributed by atoms with Crippen LogP contribution in [0.4, 0.5) is 0 Å². The van der Waals surface area contributed by atoms with Gasteiger partial charge in [-0.05, 0) is 21.1 Å². The number of carbonyl (C=O) groups is 2. The number of piperazine rings is 2. The van der Waals surface area contributed by atoms with Gasteiger partial charge in [-0.1, -0.05) is 48.5 Å². The average molecular weight is 419 g/mol. The van der Waals surface area contributed by atoms with Crippen LogP contribution < -0.4 is 0 Å². The quantitative estimate of drug-likeness (QED) is 0.656. The maximum atomic E-state index is 11.8. The van der Waals surface area contributed by atoms with Crippen LogP contribution in [0.25, 0.3) is 0 Å². The van der Waals surface area contributed by atoms with Gasteiger partial charge in [0.05, 0.1) is 6.61 Å². The van der Waals surface area contributed by atoms with Crippen LogP contribution in [-0.2, 0) is 9.59 Å². The van der Waals surface area contributed by atoms with Crippen molar-refractivity contribution in [1.82, 2.24) is 19.6 Å². The maximum Gasteiger partial charge on any atom is 0.228 e. The van der Waals surface area contributed by atoms with Crippen molar-refractivity contribution in [3.8, 4) is 0 Å². The van der Waals surface area contributed by atoms with Gasteiger partial charge in [0.15, 0.2) is 0 Å². The van der Waals surface area contributed by atoms with Crippen LogP contribution in [0.2, 0.25) is 0 Å².